The molecule has 2 aromatic carbocycles. The highest BCUT2D eigenvalue weighted by Crippen LogP contribution is 2.21. The zero-order valence-corrected chi connectivity index (χ0v) is 10.7. The highest BCUT2D eigenvalue weighted by molar-refractivity contribution is 5.84. The van der Waals surface area contributed by atoms with Crippen LogP contribution in [0.25, 0.3) is 33.2 Å². The topological polar surface area (TPSA) is 38.7 Å². The zero-order chi connectivity index (χ0) is 13.4. The number of benzene rings is 2. The maximum absolute atomic E-state index is 4.60. The Morgan fingerprint density at radius 2 is 1.40 bits per heavy atom. The average Bonchev–Trinajstić information content (AvgIpc) is 2.54. The molecule has 3 heteroatoms. The van der Waals surface area contributed by atoms with Crippen LogP contribution in [0.3, 0.4) is 0 Å². The molecule has 0 aliphatic heterocycles. The van der Waals surface area contributed by atoms with E-state index in [0.29, 0.717) is 5.82 Å². The number of pyridine rings is 1. The third kappa shape index (κ3) is 1.80. The molecule has 0 amide bonds. The van der Waals surface area contributed by atoms with Crippen LogP contribution in [0.15, 0.2) is 67.0 Å². The summed E-state index contributed by atoms with van der Waals surface area (Å²) in [6.07, 6.45) is 3.68. The molecule has 3 nitrogen and oxygen atoms in total. The fourth-order valence-electron chi connectivity index (χ4n) is 2.30. The van der Waals surface area contributed by atoms with Crippen molar-refractivity contribution in [1.29, 1.82) is 0 Å². The summed E-state index contributed by atoms with van der Waals surface area (Å²) < 4.78 is 0. The summed E-state index contributed by atoms with van der Waals surface area (Å²) in [6.45, 7) is 0. The molecule has 2 heterocycles. The maximum Gasteiger partial charge on any atom is 0.161 e. The van der Waals surface area contributed by atoms with Gasteiger partial charge in [-0.1, -0.05) is 36.4 Å². The van der Waals surface area contributed by atoms with Crippen molar-refractivity contribution in [2.24, 2.45) is 0 Å². The summed E-state index contributed by atoms with van der Waals surface area (Å²) in [6, 6.07) is 18.1. The van der Waals surface area contributed by atoms with E-state index >= 15 is 0 Å². The molecule has 0 saturated carbocycles. The van der Waals surface area contributed by atoms with Gasteiger partial charge in [-0.25, -0.2) is 9.97 Å². The Morgan fingerprint density at radius 1 is 0.650 bits per heavy atom. The molecule has 0 radical (unpaired) electrons. The van der Waals surface area contributed by atoms with E-state index in [1.54, 1.807) is 0 Å². The van der Waals surface area contributed by atoms with Crippen LogP contribution < -0.4 is 0 Å². The van der Waals surface area contributed by atoms with Crippen LogP contribution in [-0.2, 0) is 0 Å². The minimum Gasteiger partial charge on any atom is -0.255 e. The predicted octanol–water partition coefficient (Wildman–Crippen LogP) is 3.85. The van der Waals surface area contributed by atoms with Crippen molar-refractivity contribution in [3.63, 3.8) is 0 Å². The molecule has 94 valence electrons. The van der Waals surface area contributed by atoms with Gasteiger partial charge in [0.1, 0.15) is 0 Å². The Balaban J connectivity index is 1.91. The molecular formula is C17H11N3. The van der Waals surface area contributed by atoms with Gasteiger partial charge in [0.05, 0.1) is 11.0 Å². The summed E-state index contributed by atoms with van der Waals surface area (Å²) in [5, 5.41) is 2.15. The van der Waals surface area contributed by atoms with Crippen LogP contribution in [0.4, 0.5) is 0 Å². The Bertz CT molecular complexity index is 838. The zero-order valence-electron chi connectivity index (χ0n) is 10.7. The molecule has 0 aliphatic rings. The molecule has 0 saturated heterocycles. The van der Waals surface area contributed by atoms with Crippen molar-refractivity contribution < 1.29 is 0 Å². The molecule has 4 aromatic rings. The van der Waals surface area contributed by atoms with Gasteiger partial charge in [-0.15, -0.1) is 0 Å². The number of fused-ring (bicyclic) bond motifs is 2. The molecule has 0 spiro atoms. The van der Waals surface area contributed by atoms with Crippen molar-refractivity contribution in [2.75, 3.05) is 0 Å². The van der Waals surface area contributed by atoms with Gasteiger partial charge in [-0.3, -0.25) is 4.98 Å². The standard InChI is InChI=1S/C17H11N3/c1-3-7-15-12(5-1)9-14(11-18-15)17-19-10-13-6-2-4-8-16(13)20-17/h1-11H. The van der Waals surface area contributed by atoms with E-state index in [-0.39, 0.29) is 0 Å². The van der Waals surface area contributed by atoms with Crippen LogP contribution >= 0.6 is 0 Å². The molecular weight excluding hydrogens is 246 g/mol. The first kappa shape index (κ1) is 11.1. The van der Waals surface area contributed by atoms with Gasteiger partial charge >= 0.3 is 0 Å². The second-order valence-corrected chi connectivity index (χ2v) is 4.67. The van der Waals surface area contributed by atoms with Gasteiger partial charge in [0, 0.05) is 28.7 Å². The highest BCUT2D eigenvalue weighted by atomic mass is 14.9. The van der Waals surface area contributed by atoms with Gasteiger partial charge in [0.2, 0.25) is 0 Å². The third-order valence-corrected chi connectivity index (χ3v) is 3.34. The Kier molecular flexibility index (Phi) is 2.42. The molecule has 0 bridgehead atoms. The largest absolute Gasteiger partial charge is 0.255 e. The monoisotopic (exact) mass is 257 g/mol. The number of nitrogens with zero attached hydrogens (tertiary/aromatic N) is 3. The SMILES string of the molecule is c1ccc2ncc(-c3ncc4ccccc4n3)cc2c1. The molecule has 0 N–H and O–H groups in total. The number of aromatic nitrogens is 3. The molecule has 0 fully saturated rings. The Labute approximate surface area is 116 Å². The number of rotatable bonds is 1. The van der Waals surface area contributed by atoms with Crippen molar-refractivity contribution in [3.8, 4) is 11.4 Å². The van der Waals surface area contributed by atoms with Crippen LogP contribution in [0, 0.1) is 0 Å². The fourth-order valence-corrected chi connectivity index (χ4v) is 2.30. The smallest absolute Gasteiger partial charge is 0.161 e. The summed E-state index contributed by atoms with van der Waals surface area (Å²) in [4.78, 5) is 13.5. The molecule has 4 rings (SSSR count). The molecule has 20 heavy (non-hydrogen) atoms. The molecule has 2 aromatic heterocycles. The number of hydrogen-bond acceptors (Lipinski definition) is 3. The van der Waals surface area contributed by atoms with Crippen molar-refractivity contribution >= 4 is 21.8 Å². The van der Waals surface area contributed by atoms with E-state index in [9.17, 15) is 0 Å². The van der Waals surface area contributed by atoms with Gasteiger partial charge < -0.3 is 0 Å². The van der Waals surface area contributed by atoms with E-state index in [1.807, 2.05) is 60.9 Å². The van der Waals surface area contributed by atoms with Gasteiger partial charge in [-0.05, 0) is 18.2 Å². The Morgan fingerprint density at radius 3 is 2.30 bits per heavy atom. The van der Waals surface area contributed by atoms with Crippen molar-refractivity contribution in [3.05, 3.63) is 67.0 Å². The summed E-state index contributed by atoms with van der Waals surface area (Å²) in [5.41, 5.74) is 2.87. The maximum atomic E-state index is 4.60. The fraction of sp³-hybridized carbons (Fsp3) is 0. The first-order chi connectivity index (χ1) is 9.90. The summed E-state index contributed by atoms with van der Waals surface area (Å²) in [5.74, 6) is 0.710. The molecule has 0 atom stereocenters. The third-order valence-electron chi connectivity index (χ3n) is 3.34. The van der Waals surface area contributed by atoms with Gasteiger partial charge in [0.25, 0.3) is 0 Å². The lowest BCUT2D eigenvalue weighted by molar-refractivity contribution is 1.22. The second-order valence-electron chi connectivity index (χ2n) is 4.67. The quantitative estimate of drug-likeness (QED) is 0.520. The molecule has 0 aliphatic carbocycles. The Hall–Kier alpha value is -2.81. The van der Waals surface area contributed by atoms with Crippen LogP contribution in [0.2, 0.25) is 0 Å². The highest BCUT2D eigenvalue weighted by Gasteiger charge is 2.04. The summed E-state index contributed by atoms with van der Waals surface area (Å²) >= 11 is 0. The summed E-state index contributed by atoms with van der Waals surface area (Å²) in [7, 11) is 0. The first-order valence-electron chi connectivity index (χ1n) is 6.47. The number of para-hydroxylation sites is 2. The van der Waals surface area contributed by atoms with Crippen LogP contribution in [0.1, 0.15) is 0 Å². The first-order valence-corrected chi connectivity index (χ1v) is 6.47. The predicted molar refractivity (Wildman–Crippen MR) is 80.3 cm³/mol. The van der Waals surface area contributed by atoms with Crippen molar-refractivity contribution in [2.45, 2.75) is 0 Å². The minimum absolute atomic E-state index is 0.710. The van der Waals surface area contributed by atoms with E-state index in [0.717, 1.165) is 27.4 Å². The second kappa shape index (κ2) is 4.38. The normalized spacial score (nSPS) is 11.0. The lowest BCUT2D eigenvalue weighted by Crippen LogP contribution is -1.91. The minimum atomic E-state index is 0.710. The number of hydrogen-bond donors (Lipinski definition) is 0. The average molecular weight is 257 g/mol. The van der Waals surface area contributed by atoms with E-state index in [2.05, 4.69) is 21.0 Å². The van der Waals surface area contributed by atoms with E-state index in [1.165, 1.54) is 0 Å². The van der Waals surface area contributed by atoms with Crippen LogP contribution in [0.5, 0.6) is 0 Å². The molecule has 0 unspecified atom stereocenters. The van der Waals surface area contributed by atoms with Crippen molar-refractivity contribution in [1.82, 2.24) is 15.0 Å². The van der Waals surface area contributed by atoms with E-state index in [4.69, 9.17) is 0 Å². The van der Waals surface area contributed by atoms with Gasteiger partial charge in [0.15, 0.2) is 5.82 Å². The van der Waals surface area contributed by atoms with E-state index < -0.39 is 0 Å². The lowest BCUT2D eigenvalue weighted by atomic mass is 10.1. The van der Waals surface area contributed by atoms with Gasteiger partial charge in [-0.2, -0.15) is 0 Å². The lowest BCUT2D eigenvalue weighted by Gasteiger charge is -2.03. The van der Waals surface area contributed by atoms with Crippen LogP contribution in [-0.4, -0.2) is 15.0 Å².